The molecule has 0 saturated carbocycles. The molecular formula is C27H17ClINO5. The number of amides is 2. The fourth-order valence-electron chi connectivity index (χ4n) is 5.46. The number of carbonyl (C=O) groups is 4. The molecule has 6 nitrogen and oxygen atoms in total. The van der Waals surface area contributed by atoms with E-state index in [2.05, 4.69) is 22.6 Å². The molecule has 3 atom stereocenters. The summed E-state index contributed by atoms with van der Waals surface area (Å²) < 4.78 is 7.26. The Labute approximate surface area is 219 Å². The fourth-order valence-corrected chi connectivity index (χ4v) is 5.94. The lowest BCUT2D eigenvalue weighted by Crippen LogP contribution is -2.50. The van der Waals surface area contributed by atoms with Gasteiger partial charge in [0.2, 0.25) is 29.0 Å². The number of nitrogens with zero attached hydrogens (tertiary/aromatic N) is 1. The van der Waals surface area contributed by atoms with Crippen molar-refractivity contribution < 1.29 is 23.9 Å². The molecule has 35 heavy (non-hydrogen) atoms. The fraction of sp³-hybridized carbons (Fsp3) is 0.185. The Kier molecular flexibility index (Phi) is 5.21. The topological polar surface area (TPSA) is 80.8 Å². The van der Waals surface area contributed by atoms with Crippen LogP contribution in [0.4, 0.5) is 0 Å². The summed E-state index contributed by atoms with van der Waals surface area (Å²) in [4.78, 5) is 56.1. The lowest BCUT2D eigenvalue weighted by atomic mass is 9.77. The van der Waals surface area contributed by atoms with E-state index in [1.165, 1.54) is 0 Å². The van der Waals surface area contributed by atoms with Gasteiger partial charge < -0.3 is 4.74 Å². The molecule has 0 N–H and O–H groups in total. The summed E-state index contributed by atoms with van der Waals surface area (Å²) in [6, 6.07) is 20.6. The van der Waals surface area contributed by atoms with E-state index in [1.54, 1.807) is 60.7 Å². The van der Waals surface area contributed by atoms with Gasteiger partial charge in [0.1, 0.15) is 0 Å². The first kappa shape index (κ1) is 22.6. The van der Waals surface area contributed by atoms with Gasteiger partial charge >= 0.3 is 0 Å². The minimum absolute atomic E-state index is 0.0205. The molecule has 1 aliphatic carbocycles. The first-order chi connectivity index (χ1) is 16.8. The summed E-state index contributed by atoms with van der Waals surface area (Å²) in [5, 5.41) is 0.538. The van der Waals surface area contributed by atoms with E-state index >= 15 is 0 Å². The van der Waals surface area contributed by atoms with Crippen LogP contribution in [0, 0.1) is 15.4 Å². The highest BCUT2D eigenvalue weighted by Crippen LogP contribution is 2.57. The van der Waals surface area contributed by atoms with E-state index in [9.17, 15) is 19.2 Å². The molecule has 0 bridgehead atoms. The van der Waals surface area contributed by atoms with E-state index in [-0.39, 0.29) is 17.7 Å². The van der Waals surface area contributed by atoms with Gasteiger partial charge in [0.25, 0.3) is 0 Å². The predicted molar refractivity (Wildman–Crippen MR) is 135 cm³/mol. The van der Waals surface area contributed by atoms with Gasteiger partial charge in [-0.25, -0.2) is 0 Å². The molecule has 0 radical (unpaired) electrons. The van der Waals surface area contributed by atoms with E-state index in [4.69, 9.17) is 16.3 Å². The van der Waals surface area contributed by atoms with Crippen LogP contribution < -0.4 is 0 Å². The van der Waals surface area contributed by atoms with Crippen LogP contribution in [0.15, 0.2) is 72.8 Å². The zero-order valence-electron chi connectivity index (χ0n) is 18.1. The number of ketones is 2. The van der Waals surface area contributed by atoms with Crippen LogP contribution in [0.5, 0.6) is 0 Å². The second-order valence-corrected chi connectivity index (χ2v) is 10.6. The van der Waals surface area contributed by atoms with Gasteiger partial charge in [-0.05, 0) is 58.0 Å². The number of imide groups is 1. The minimum Gasteiger partial charge on any atom is -0.349 e. The number of hydrogen-bond acceptors (Lipinski definition) is 5. The number of Topliss-reactive ketones (excluding diaryl/α,β-unsaturated/α-hetero) is 2. The molecule has 2 saturated heterocycles. The molecule has 3 aliphatic rings. The van der Waals surface area contributed by atoms with Crippen molar-refractivity contribution in [3.8, 4) is 0 Å². The number of ether oxygens (including phenoxy) is 1. The van der Waals surface area contributed by atoms with Crippen molar-refractivity contribution in [2.75, 3.05) is 0 Å². The number of rotatable bonds is 3. The molecule has 2 amide bonds. The van der Waals surface area contributed by atoms with Crippen LogP contribution in [0.2, 0.25) is 5.02 Å². The Morgan fingerprint density at radius 2 is 1.43 bits per heavy atom. The Balaban J connectivity index is 1.48. The summed E-state index contributed by atoms with van der Waals surface area (Å²) in [7, 11) is 0. The zero-order chi connectivity index (χ0) is 24.5. The van der Waals surface area contributed by atoms with Crippen LogP contribution in [0.25, 0.3) is 0 Å². The monoisotopic (exact) mass is 597 g/mol. The van der Waals surface area contributed by atoms with Gasteiger partial charge in [-0.1, -0.05) is 60.1 Å². The number of benzene rings is 3. The lowest BCUT2D eigenvalue weighted by Gasteiger charge is -2.27. The van der Waals surface area contributed by atoms with Crippen LogP contribution in [0.3, 0.4) is 0 Å². The van der Waals surface area contributed by atoms with Gasteiger partial charge in [-0.15, -0.1) is 0 Å². The van der Waals surface area contributed by atoms with Gasteiger partial charge in [0.15, 0.2) is 0 Å². The first-order valence-corrected chi connectivity index (χ1v) is 12.5. The van der Waals surface area contributed by atoms with Crippen molar-refractivity contribution in [3.05, 3.63) is 104 Å². The van der Waals surface area contributed by atoms with Crippen LogP contribution >= 0.6 is 34.2 Å². The average Bonchev–Trinajstić information content (AvgIpc) is 3.42. The van der Waals surface area contributed by atoms with Crippen molar-refractivity contribution in [3.63, 3.8) is 0 Å². The van der Waals surface area contributed by atoms with Gasteiger partial charge in [-0.2, -0.15) is 0 Å². The Bertz CT molecular complexity index is 1380. The smallest absolute Gasteiger partial charge is 0.237 e. The Morgan fingerprint density at radius 1 is 0.829 bits per heavy atom. The second kappa shape index (κ2) is 8.08. The molecule has 6 rings (SSSR count). The number of halogens is 2. The molecule has 0 aromatic heterocycles. The quantitative estimate of drug-likeness (QED) is 0.250. The predicted octanol–water partition coefficient (Wildman–Crippen LogP) is 4.64. The summed E-state index contributed by atoms with van der Waals surface area (Å²) in [6.45, 7) is 0.0205. The molecule has 8 heteroatoms. The third-order valence-electron chi connectivity index (χ3n) is 7.06. The maximum Gasteiger partial charge on any atom is 0.237 e. The van der Waals surface area contributed by atoms with E-state index < -0.39 is 46.9 Å². The van der Waals surface area contributed by atoms with E-state index in [0.717, 1.165) is 8.47 Å². The Hall–Kier alpha value is -2.88. The molecule has 1 spiro atoms. The van der Waals surface area contributed by atoms with Crippen LogP contribution in [0.1, 0.15) is 37.9 Å². The summed E-state index contributed by atoms with van der Waals surface area (Å²) in [5.74, 6) is -4.37. The number of carbonyl (C=O) groups excluding carboxylic acids is 4. The number of likely N-dealkylation sites (tertiary alicyclic amines) is 1. The lowest BCUT2D eigenvalue weighted by molar-refractivity contribution is -0.145. The summed E-state index contributed by atoms with van der Waals surface area (Å²) >= 11 is 8.15. The van der Waals surface area contributed by atoms with Crippen molar-refractivity contribution in [1.29, 1.82) is 0 Å². The van der Waals surface area contributed by atoms with Gasteiger partial charge in [0, 0.05) is 19.7 Å². The molecular weight excluding hydrogens is 581 g/mol. The first-order valence-electron chi connectivity index (χ1n) is 11.0. The molecule has 2 aliphatic heterocycles. The number of fused-ring (bicyclic) bond motifs is 3. The molecule has 174 valence electrons. The van der Waals surface area contributed by atoms with Gasteiger partial charge in [-0.3, -0.25) is 24.1 Å². The molecule has 2 heterocycles. The largest absolute Gasteiger partial charge is 0.349 e. The normalized spacial score (nSPS) is 24.4. The SMILES string of the molecule is O=C1[C@@H]2[C@@H](c3ccc(I)cc3)OC3(C(=O)c4ccccc4C3=O)[C@H]2C(=O)N1Cc1ccc(Cl)cc1. The van der Waals surface area contributed by atoms with E-state index in [1.807, 2.05) is 12.1 Å². The van der Waals surface area contributed by atoms with Crippen LogP contribution in [-0.2, 0) is 20.9 Å². The van der Waals surface area contributed by atoms with Crippen molar-refractivity contribution >= 4 is 57.6 Å². The third-order valence-corrected chi connectivity index (χ3v) is 8.03. The third kappa shape index (κ3) is 3.18. The minimum atomic E-state index is -2.05. The molecule has 3 aromatic rings. The standard InChI is InChI=1S/C27H17ClINO5/c28-16-9-5-14(6-10-16)13-30-25(33)20-21(26(30)34)27(35-22(20)15-7-11-17(29)12-8-15)23(31)18-3-1-2-4-19(18)24(27)32/h1-12,20-22H,13H2/t20-,21+,22+/m0/s1. The molecule has 0 unspecified atom stereocenters. The number of hydrogen-bond donors (Lipinski definition) is 0. The van der Waals surface area contributed by atoms with Crippen molar-refractivity contribution in [2.24, 2.45) is 11.8 Å². The van der Waals surface area contributed by atoms with Crippen molar-refractivity contribution in [1.82, 2.24) is 4.90 Å². The summed E-state index contributed by atoms with van der Waals surface area (Å²) in [5.41, 5.74) is -0.261. The highest BCUT2D eigenvalue weighted by Gasteiger charge is 2.74. The van der Waals surface area contributed by atoms with Crippen molar-refractivity contribution in [2.45, 2.75) is 18.2 Å². The second-order valence-electron chi connectivity index (χ2n) is 8.92. The maximum absolute atomic E-state index is 13.8. The molecule has 3 aromatic carbocycles. The molecule has 2 fully saturated rings. The van der Waals surface area contributed by atoms with Crippen LogP contribution in [-0.4, -0.2) is 33.9 Å². The Morgan fingerprint density at radius 3 is 2.03 bits per heavy atom. The van der Waals surface area contributed by atoms with E-state index in [0.29, 0.717) is 16.1 Å². The van der Waals surface area contributed by atoms with Gasteiger partial charge in [0.05, 0.1) is 24.5 Å². The highest BCUT2D eigenvalue weighted by atomic mass is 127. The average molecular weight is 598 g/mol. The maximum atomic E-state index is 13.8. The highest BCUT2D eigenvalue weighted by molar-refractivity contribution is 14.1. The zero-order valence-corrected chi connectivity index (χ0v) is 21.0. The summed E-state index contributed by atoms with van der Waals surface area (Å²) in [6.07, 6.45) is -0.911.